The second-order valence-corrected chi connectivity index (χ2v) is 7.75. The third-order valence-corrected chi connectivity index (χ3v) is 4.76. The van der Waals surface area contributed by atoms with Crippen LogP contribution in [-0.4, -0.2) is 68.8 Å². The summed E-state index contributed by atoms with van der Waals surface area (Å²) in [7, 11) is -0.413. The molecule has 0 aliphatic carbocycles. The van der Waals surface area contributed by atoms with Crippen molar-refractivity contribution < 1.29 is 18.1 Å². The quantitative estimate of drug-likeness (QED) is 0.522. The van der Waals surface area contributed by atoms with E-state index in [9.17, 15) is 23.3 Å². The molecule has 10 nitrogen and oxygen atoms in total. The number of nitro benzene ring substituents is 1. The molecule has 0 aromatic heterocycles. The first-order valence-electron chi connectivity index (χ1n) is 7.58. The summed E-state index contributed by atoms with van der Waals surface area (Å²) in [5.41, 5.74) is -0.172. The van der Waals surface area contributed by atoms with Crippen molar-refractivity contribution in [3.63, 3.8) is 0 Å². The first kappa shape index (κ1) is 19.1. The van der Waals surface area contributed by atoms with E-state index < -0.39 is 14.9 Å². The maximum absolute atomic E-state index is 12.1. The van der Waals surface area contributed by atoms with Crippen molar-refractivity contribution in [2.24, 2.45) is 5.14 Å². The molecule has 3 N–H and O–H groups in total. The van der Waals surface area contributed by atoms with Crippen LogP contribution in [0.5, 0.6) is 0 Å². The molecule has 1 heterocycles. The van der Waals surface area contributed by atoms with E-state index in [1.807, 2.05) is 0 Å². The predicted octanol–water partition coefficient (Wildman–Crippen LogP) is -0.183. The standard InChI is InChI=1S/C14H21N5O5S/c1-17(2)9-14(20)18-6-5-10(8-18)16-12-4-3-11(25(15,23)24)7-13(12)19(21)22/h3-4,7,10,16H,5-6,8-9H2,1-2H3,(H2,15,23,24). The Morgan fingerprint density at radius 1 is 1.48 bits per heavy atom. The highest BCUT2D eigenvalue weighted by Crippen LogP contribution is 2.29. The van der Waals surface area contributed by atoms with Crippen molar-refractivity contribution >= 4 is 27.3 Å². The molecule has 2 rings (SSSR count). The molecule has 1 aromatic rings. The number of hydrogen-bond donors (Lipinski definition) is 2. The van der Waals surface area contributed by atoms with E-state index in [4.69, 9.17) is 5.14 Å². The van der Waals surface area contributed by atoms with Gasteiger partial charge in [0.25, 0.3) is 5.69 Å². The summed E-state index contributed by atoms with van der Waals surface area (Å²) >= 11 is 0. The van der Waals surface area contributed by atoms with Crippen molar-refractivity contribution in [1.29, 1.82) is 0 Å². The van der Waals surface area contributed by atoms with E-state index >= 15 is 0 Å². The van der Waals surface area contributed by atoms with Gasteiger partial charge in [-0.15, -0.1) is 0 Å². The fourth-order valence-electron chi connectivity index (χ4n) is 2.66. The normalized spacial score (nSPS) is 17.8. The first-order chi connectivity index (χ1) is 11.6. The van der Waals surface area contributed by atoms with Gasteiger partial charge >= 0.3 is 0 Å². The SMILES string of the molecule is CN(C)CC(=O)N1CCC(Nc2ccc(S(N)(=O)=O)cc2[N+](=O)[O-])C1. The number of primary sulfonamides is 1. The van der Waals surface area contributed by atoms with Crippen molar-refractivity contribution in [2.45, 2.75) is 17.4 Å². The average Bonchev–Trinajstić information content (AvgIpc) is 2.94. The minimum atomic E-state index is -4.02. The highest BCUT2D eigenvalue weighted by molar-refractivity contribution is 7.89. The van der Waals surface area contributed by atoms with Gasteiger partial charge in [0.1, 0.15) is 5.69 Å². The van der Waals surface area contributed by atoms with E-state index in [0.29, 0.717) is 26.1 Å². The second-order valence-electron chi connectivity index (χ2n) is 6.19. The molecule has 0 spiro atoms. The van der Waals surface area contributed by atoms with Gasteiger partial charge in [0.15, 0.2) is 0 Å². The second kappa shape index (κ2) is 7.33. The van der Waals surface area contributed by atoms with Crippen molar-refractivity contribution in [3.05, 3.63) is 28.3 Å². The third kappa shape index (κ3) is 4.87. The minimum Gasteiger partial charge on any atom is -0.375 e. The Hall–Kier alpha value is -2.24. The van der Waals surface area contributed by atoms with Crippen LogP contribution in [0.25, 0.3) is 0 Å². The molecule has 0 radical (unpaired) electrons. The number of amides is 1. The van der Waals surface area contributed by atoms with Gasteiger partial charge in [-0.05, 0) is 32.6 Å². The predicted molar refractivity (Wildman–Crippen MR) is 91.6 cm³/mol. The Labute approximate surface area is 145 Å². The molecular weight excluding hydrogens is 350 g/mol. The van der Waals surface area contributed by atoms with E-state index in [0.717, 1.165) is 6.07 Å². The van der Waals surface area contributed by atoms with Gasteiger partial charge in [-0.1, -0.05) is 0 Å². The van der Waals surface area contributed by atoms with Crippen LogP contribution in [0.2, 0.25) is 0 Å². The average molecular weight is 371 g/mol. The molecule has 1 amide bonds. The maximum Gasteiger partial charge on any atom is 0.293 e. The molecule has 1 atom stereocenters. The topological polar surface area (TPSA) is 139 Å². The van der Waals surface area contributed by atoms with Gasteiger partial charge in [-0.25, -0.2) is 13.6 Å². The van der Waals surface area contributed by atoms with Crippen LogP contribution >= 0.6 is 0 Å². The number of nitrogens with two attached hydrogens (primary N) is 1. The number of benzene rings is 1. The summed E-state index contributed by atoms with van der Waals surface area (Å²) in [6.07, 6.45) is 0.646. The minimum absolute atomic E-state index is 0.00614. The Kier molecular flexibility index (Phi) is 5.60. The molecule has 1 unspecified atom stereocenters. The lowest BCUT2D eigenvalue weighted by molar-refractivity contribution is -0.384. The van der Waals surface area contributed by atoms with Gasteiger partial charge in [-0.2, -0.15) is 0 Å². The molecule has 25 heavy (non-hydrogen) atoms. The number of nitro groups is 1. The van der Waals surface area contributed by atoms with E-state index in [2.05, 4.69) is 5.32 Å². The van der Waals surface area contributed by atoms with Crippen LogP contribution in [0.3, 0.4) is 0 Å². The molecule has 138 valence electrons. The smallest absolute Gasteiger partial charge is 0.293 e. The largest absolute Gasteiger partial charge is 0.375 e. The highest BCUT2D eigenvalue weighted by atomic mass is 32.2. The number of rotatable bonds is 6. The molecular formula is C14H21N5O5S. The summed E-state index contributed by atoms with van der Waals surface area (Å²) in [5, 5.41) is 19.3. The monoisotopic (exact) mass is 371 g/mol. The number of nitrogens with zero attached hydrogens (tertiary/aromatic N) is 3. The first-order valence-corrected chi connectivity index (χ1v) is 9.13. The third-order valence-electron chi connectivity index (χ3n) is 3.85. The molecule has 0 bridgehead atoms. The van der Waals surface area contributed by atoms with Crippen LogP contribution in [0, 0.1) is 10.1 Å². The summed E-state index contributed by atoms with van der Waals surface area (Å²) in [5.74, 6) is -0.00614. The molecule has 1 aromatic carbocycles. The molecule has 11 heteroatoms. The van der Waals surface area contributed by atoms with E-state index in [1.165, 1.54) is 12.1 Å². The van der Waals surface area contributed by atoms with E-state index in [1.54, 1.807) is 23.9 Å². The molecule has 0 saturated carbocycles. The number of hydrogen-bond acceptors (Lipinski definition) is 7. The lowest BCUT2D eigenvalue weighted by Gasteiger charge is -2.19. The summed E-state index contributed by atoms with van der Waals surface area (Å²) < 4.78 is 22.7. The van der Waals surface area contributed by atoms with Crippen LogP contribution in [0.4, 0.5) is 11.4 Å². The lowest BCUT2D eigenvalue weighted by Crippen LogP contribution is -2.37. The number of carbonyl (C=O) groups is 1. The Bertz CT molecular complexity index is 780. The molecule has 1 aliphatic heterocycles. The summed E-state index contributed by atoms with van der Waals surface area (Å²) in [4.78, 5) is 25.8. The Morgan fingerprint density at radius 2 is 2.16 bits per heavy atom. The van der Waals surface area contributed by atoms with Gasteiger partial charge in [0, 0.05) is 25.2 Å². The van der Waals surface area contributed by atoms with Crippen LogP contribution in [-0.2, 0) is 14.8 Å². The van der Waals surface area contributed by atoms with Gasteiger partial charge in [0.05, 0.1) is 16.4 Å². The summed E-state index contributed by atoms with van der Waals surface area (Å²) in [6.45, 7) is 1.30. The zero-order valence-electron chi connectivity index (χ0n) is 14.0. The van der Waals surface area contributed by atoms with Crippen molar-refractivity contribution in [3.8, 4) is 0 Å². The van der Waals surface area contributed by atoms with Crippen LogP contribution in [0.1, 0.15) is 6.42 Å². The van der Waals surface area contributed by atoms with E-state index in [-0.39, 0.29) is 28.2 Å². The van der Waals surface area contributed by atoms with Crippen LogP contribution in [0.15, 0.2) is 23.1 Å². The van der Waals surface area contributed by atoms with Crippen molar-refractivity contribution in [1.82, 2.24) is 9.80 Å². The number of likely N-dealkylation sites (N-methyl/N-ethyl adjacent to an activating group) is 1. The molecule has 1 aliphatic rings. The maximum atomic E-state index is 12.1. The molecule has 1 saturated heterocycles. The Balaban J connectivity index is 2.13. The number of nitrogens with one attached hydrogen (secondary N) is 1. The lowest BCUT2D eigenvalue weighted by atomic mass is 10.2. The van der Waals surface area contributed by atoms with Gasteiger partial charge in [-0.3, -0.25) is 14.9 Å². The number of carbonyl (C=O) groups excluding carboxylic acids is 1. The number of likely N-dealkylation sites (tertiary alicyclic amines) is 1. The molecule has 1 fully saturated rings. The van der Waals surface area contributed by atoms with Gasteiger partial charge < -0.3 is 15.1 Å². The Morgan fingerprint density at radius 3 is 2.72 bits per heavy atom. The zero-order chi connectivity index (χ0) is 18.8. The fraction of sp³-hybridized carbons (Fsp3) is 0.500. The zero-order valence-corrected chi connectivity index (χ0v) is 14.8. The number of sulfonamides is 1. The fourth-order valence-corrected chi connectivity index (χ4v) is 3.19. The summed E-state index contributed by atoms with van der Waals surface area (Å²) in [6, 6.07) is 3.32. The number of anilines is 1. The van der Waals surface area contributed by atoms with Crippen molar-refractivity contribution in [2.75, 3.05) is 39.0 Å². The van der Waals surface area contributed by atoms with Crippen LogP contribution < -0.4 is 10.5 Å². The highest BCUT2D eigenvalue weighted by Gasteiger charge is 2.28. The van der Waals surface area contributed by atoms with Gasteiger partial charge in [0.2, 0.25) is 15.9 Å².